The van der Waals surface area contributed by atoms with Gasteiger partial charge < -0.3 is 5.32 Å². The minimum absolute atomic E-state index is 0.204. The van der Waals surface area contributed by atoms with Crippen molar-refractivity contribution >= 4 is 0 Å². The topological polar surface area (TPSA) is 12.0 Å². The van der Waals surface area contributed by atoms with Crippen molar-refractivity contribution < 1.29 is 0 Å². The number of rotatable bonds is 2. The van der Waals surface area contributed by atoms with Gasteiger partial charge in [-0.2, -0.15) is 0 Å². The van der Waals surface area contributed by atoms with Crippen LogP contribution >= 0.6 is 0 Å². The zero-order valence-corrected chi connectivity index (χ0v) is 7.54. The molecule has 62 valence electrons. The van der Waals surface area contributed by atoms with Crippen molar-refractivity contribution in [3.8, 4) is 11.8 Å². The van der Waals surface area contributed by atoms with Gasteiger partial charge in [-0.15, -0.1) is 5.92 Å². The standard InChI is InChI=1S/C10H17N/c1-3-4-5-7-10(11-2)8-6-9-10/h11H,3-4,6,8-9H2,1-2H3. The Morgan fingerprint density at radius 3 is 2.55 bits per heavy atom. The molecule has 1 rings (SSSR count). The maximum absolute atomic E-state index is 3.32. The van der Waals surface area contributed by atoms with Gasteiger partial charge in [0.2, 0.25) is 0 Å². The minimum Gasteiger partial charge on any atom is -0.304 e. The van der Waals surface area contributed by atoms with E-state index in [2.05, 4.69) is 24.1 Å². The van der Waals surface area contributed by atoms with E-state index < -0.39 is 0 Å². The first-order valence-electron chi connectivity index (χ1n) is 4.52. The predicted octanol–water partition coefficient (Wildman–Crippen LogP) is 1.93. The van der Waals surface area contributed by atoms with Gasteiger partial charge in [0.25, 0.3) is 0 Å². The van der Waals surface area contributed by atoms with Crippen molar-refractivity contribution in [3.05, 3.63) is 0 Å². The Labute approximate surface area is 69.6 Å². The normalized spacial score (nSPS) is 19.8. The van der Waals surface area contributed by atoms with E-state index in [1.165, 1.54) is 25.7 Å². The fraction of sp³-hybridized carbons (Fsp3) is 0.800. The molecule has 0 bridgehead atoms. The molecule has 1 saturated carbocycles. The SMILES string of the molecule is CCCC#CC1(NC)CCC1. The van der Waals surface area contributed by atoms with Crippen LogP contribution in [0.15, 0.2) is 0 Å². The fourth-order valence-corrected chi connectivity index (χ4v) is 1.32. The van der Waals surface area contributed by atoms with Gasteiger partial charge in [-0.3, -0.25) is 0 Å². The van der Waals surface area contributed by atoms with E-state index in [1.807, 2.05) is 7.05 Å². The second kappa shape index (κ2) is 3.78. The average molecular weight is 151 g/mol. The summed E-state index contributed by atoms with van der Waals surface area (Å²) >= 11 is 0. The van der Waals surface area contributed by atoms with Crippen LogP contribution in [-0.2, 0) is 0 Å². The zero-order chi connectivity index (χ0) is 8.16. The molecule has 0 saturated heterocycles. The van der Waals surface area contributed by atoms with Crippen LogP contribution in [0.1, 0.15) is 39.0 Å². The molecule has 0 aromatic rings. The summed E-state index contributed by atoms with van der Waals surface area (Å²) in [5.41, 5.74) is 0.204. The number of hydrogen-bond acceptors (Lipinski definition) is 1. The Morgan fingerprint density at radius 1 is 1.45 bits per heavy atom. The molecule has 11 heavy (non-hydrogen) atoms. The van der Waals surface area contributed by atoms with Crippen molar-refractivity contribution in [1.29, 1.82) is 0 Å². The lowest BCUT2D eigenvalue weighted by Gasteiger charge is -2.36. The molecule has 0 heterocycles. The average Bonchev–Trinajstić information content (AvgIpc) is 1.95. The molecule has 0 aromatic heterocycles. The molecular weight excluding hydrogens is 134 g/mol. The molecule has 1 fully saturated rings. The lowest BCUT2D eigenvalue weighted by atomic mass is 9.77. The highest BCUT2D eigenvalue weighted by Gasteiger charge is 2.32. The maximum Gasteiger partial charge on any atom is 0.0798 e. The van der Waals surface area contributed by atoms with Crippen molar-refractivity contribution in [2.45, 2.75) is 44.6 Å². The molecule has 0 amide bonds. The third-order valence-corrected chi connectivity index (χ3v) is 2.39. The highest BCUT2D eigenvalue weighted by molar-refractivity contribution is 5.21. The molecule has 0 unspecified atom stereocenters. The van der Waals surface area contributed by atoms with E-state index in [-0.39, 0.29) is 5.54 Å². The molecular formula is C10H17N. The van der Waals surface area contributed by atoms with Crippen LogP contribution in [-0.4, -0.2) is 12.6 Å². The first kappa shape index (κ1) is 8.62. The summed E-state index contributed by atoms with van der Waals surface area (Å²) in [6, 6.07) is 0. The first-order chi connectivity index (χ1) is 5.33. The van der Waals surface area contributed by atoms with Crippen molar-refractivity contribution in [1.82, 2.24) is 5.32 Å². The van der Waals surface area contributed by atoms with Gasteiger partial charge in [0.1, 0.15) is 0 Å². The summed E-state index contributed by atoms with van der Waals surface area (Å²) in [4.78, 5) is 0. The Morgan fingerprint density at radius 2 is 2.18 bits per heavy atom. The number of hydrogen-bond donors (Lipinski definition) is 1. The van der Waals surface area contributed by atoms with Gasteiger partial charge in [-0.1, -0.05) is 12.8 Å². The molecule has 1 N–H and O–H groups in total. The van der Waals surface area contributed by atoms with Crippen LogP contribution in [0.2, 0.25) is 0 Å². The minimum atomic E-state index is 0.204. The third kappa shape index (κ3) is 1.97. The Bertz CT molecular complexity index is 164. The van der Waals surface area contributed by atoms with E-state index in [0.29, 0.717) is 0 Å². The molecule has 1 nitrogen and oxygen atoms in total. The van der Waals surface area contributed by atoms with Gasteiger partial charge in [0, 0.05) is 6.42 Å². The van der Waals surface area contributed by atoms with Crippen LogP contribution in [0, 0.1) is 11.8 Å². The fourth-order valence-electron chi connectivity index (χ4n) is 1.32. The molecule has 1 aliphatic carbocycles. The Hall–Kier alpha value is -0.480. The van der Waals surface area contributed by atoms with E-state index in [9.17, 15) is 0 Å². The van der Waals surface area contributed by atoms with Gasteiger partial charge in [-0.05, 0) is 32.7 Å². The second-order valence-corrected chi connectivity index (χ2v) is 3.24. The molecule has 1 aliphatic rings. The van der Waals surface area contributed by atoms with Crippen LogP contribution in [0.5, 0.6) is 0 Å². The van der Waals surface area contributed by atoms with Gasteiger partial charge in [0.05, 0.1) is 5.54 Å². The van der Waals surface area contributed by atoms with E-state index in [1.54, 1.807) is 0 Å². The van der Waals surface area contributed by atoms with Crippen LogP contribution in [0.25, 0.3) is 0 Å². The Balaban J connectivity index is 2.39. The summed E-state index contributed by atoms with van der Waals surface area (Å²) in [5.74, 6) is 6.54. The van der Waals surface area contributed by atoms with E-state index in [4.69, 9.17) is 0 Å². The third-order valence-electron chi connectivity index (χ3n) is 2.39. The molecule has 0 aliphatic heterocycles. The van der Waals surface area contributed by atoms with Gasteiger partial charge >= 0.3 is 0 Å². The lowest BCUT2D eigenvalue weighted by Crippen LogP contribution is -2.47. The summed E-state index contributed by atoms with van der Waals surface area (Å²) < 4.78 is 0. The molecule has 0 aromatic carbocycles. The van der Waals surface area contributed by atoms with Crippen molar-refractivity contribution in [2.24, 2.45) is 0 Å². The quantitative estimate of drug-likeness (QED) is 0.595. The molecule has 0 spiro atoms. The maximum atomic E-state index is 3.32. The van der Waals surface area contributed by atoms with Crippen LogP contribution in [0.3, 0.4) is 0 Å². The molecule has 0 atom stereocenters. The molecule has 0 radical (unpaired) electrons. The van der Waals surface area contributed by atoms with Crippen molar-refractivity contribution in [2.75, 3.05) is 7.05 Å². The van der Waals surface area contributed by atoms with E-state index >= 15 is 0 Å². The van der Waals surface area contributed by atoms with Crippen LogP contribution < -0.4 is 5.32 Å². The number of nitrogens with one attached hydrogen (secondary N) is 1. The van der Waals surface area contributed by atoms with Gasteiger partial charge in [-0.25, -0.2) is 0 Å². The predicted molar refractivity (Wildman–Crippen MR) is 48.3 cm³/mol. The molecule has 1 heteroatoms. The smallest absolute Gasteiger partial charge is 0.0798 e. The second-order valence-electron chi connectivity index (χ2n) is 3.24. The highest BCUT2D eigenvalue weighted by atomic mass is 14.9. The highest BCUT2D eigenvalue weighted by Crippen LogP contribution is 2.30. The lowest BCUT2D eigenvalue weighted by molar-refractivity contribution is 0.276. The van der Waals surface area contributed by atoms with Crippen molar-refractivity contribution in [3.63, 3.8) is 0 Å². The van der Waals surface area contributed by atoms with Gasteiger partial charge in [0.15, 0.2) is 0 Å². The summed E-state index contributed by atoms with van der Waals surface area (Å²) in [7, 11) is 2.01. The first-order valence-corrected chi connectivity index (χ1v) is 4.52. The van der Waals surface area contributed by atoms with Crippen LogP contribution in [0.4, 0.5) is 0 Å². The van der Waals surface area contributed by atoms with E-state index in [0.717, 1.165) is 6.42 Å². The number of unbranched alkanes of at least 4 members (excludes halogenated alkanes) is 1. The summed E-state index contributed by atoms with van der Waals surface area (Å²) in [6.07, 6.45) is 6.03. The zero-order valence-electron chi connectivity index (χ0n) is 7.54. The monoisotopic (exact) mass is 151 g/mol. The Kier molecular flexibility index (Phi) is 2.96. The summed E-state index contributed by atoms with van der Waals surface area (Å²) in [6.45, 7) is 2.17. The largest absolute Gasteiger partial charge is 0.304 e. The summed E-state index contributed by atoms with van der Waals surface area (Å²) in [5, 5.41) is 3.30.